The first-order chi connectivity index (χ1) is 10.1. The molecule has 0 aliphatic heterocycles. The van der Waals surface area contributed by atoms with Gasteiger partial charge in [-0.25, -0.2) is 0 Å². The molecule has 0 bridgehead atoms. The van der Waals surface area contributed by atoms with E-state index in [9.17, 15) is 0 Å². The Hall–Kier alpha value is -1.80. The van der Waals surface area contributed by atoms with Gasteiger partial charge in [-0.2, -0.15) is 0 Å². The fraction of sp³-hybridized carbons (Fsp3) is 0.368. The first-order valence-electron chi connectivity index (χ1n) is 7.77. The predicted molar refractivity (Wildman–Crippen MR) is 86.7 cm³/mol. The van der Waals surface area contributed by atoms with Crippen molar-refractivity contribution in [3.63, 3.8) is 0 Å². The van der Waals surface area contributed by atoms with Gasteiger partial charge in [0, 0.05) is 0 Å². The van der Waals surface area contributed by atoms with E-state index >= 15 is 0 Å². The lowest BCUT2D eigenvalue weighted by molar-refractivity contribution is 0.242. The van der Waals surface area contributed by atoms with E-state index in [4.69, 9.17) is 10.5 Å². The third-order valence-corrected chi connectivity index (χ3v) is 4.07. The maximum Gasteiger partial charge on any atom is 0.120 e. The molecule has 21 heavy (non-hydrogen) atoms. The van der Waals surface area contributed by atoms with Crippen LogP contribution in [0.4, 0.5) is 0 Å². The molecule has 0 radical (unpaired) electrons. The summed E-state index contributed by atoms with van der Waals surface area (Å²) in [5.41, 5.74) is 11.7. The summed E-state index contributed by atoms with van der Waals surface area (Å²) in [6.07, 6.45) is 3.84. The topological polar surface area (TPSA) is 35.2 Å². The monoisotopic (exact) mass is 281 g/mol. The summed E-state index contributed by atoms with van der Waals surface area (Å²) in [5.74, 6) is 0.888. The molecule has 0 saturated carbocycles. The molecule has 2 heteroatoms. The third kappa shape index (κ3) is 3.11. The smallest absolute Gasteiger partial charge is 0.120 e. The van der Waals surface area contributed by atoms with Gasteiger partial charge in [-0.15, -0.1) is 0 Å². The highest BCUT2D eigenvalue weighted by Crippen LogP contribution is 2.28. The molecule has 0 heterocycles. The molecule has 2 N–H and O–H groups in total. The fourth-order valence-electron chi connectivity index (χ4n) is 3.03. The van der Waals surface area contributed by atoms with Crippen molar-refractivity contribution in [2.24, 2.45) is 5.73 Å². The van der Waals surface area contributed by atoms with Crippen LogP contribution in [0.2, 0.25) is 0 Å². The lowest BCUT2D eigenvalue weighted by atomic mass is 9.96. The zero-order chi connectivity index (χ0) is 14.8. The van der Waals surface area contributed by atoms with Gasteiger partial charge < -0.3 is 10.5 Å². The Labute approximate surface area is 126 Å². The molecule has 1 atom stereocenters. The largest absolute Gasteiger partial charge is 0.491 e. The zero-order valence-corrected chi connectivity index (χ0v) is 12.8. The number of hydrogen-bond donors (Lipinski definition) is 1. The Balaban J connectivity index is 1.86. The Morgan fingerprint density at radius 2 is 1.71 bits per heavy atom. The minimum absolute atomic E-state index is 0.0911. The van der Waals surface area contributed by atoms with Crippen molar-refractivity contribution in [2.45, 2.75) is 45.3 Å². The molecule has 2 aromatic rings. The van der Waals surface area contributed by atoms with Gasteiger partial charge in [-0.1, -0.05) is 30.3 Å². The van der Waals surface area contributed by atoms with Crippen molar-refractivity contribution in [3.05, 3.63) is 64.7 Å². The summed E-state index contributed by atoms with van der Waals surface area (Å²) < 4.78 is 5.76. The number of benzene rings is 2. The molecule has 2 nitrogen and oxygen atoms in total. The van der Waals surface area contributed by atoms with Crippen molar-refractivity contribution >= 4 is 0 Å². The summed E-state index contributed by atoms with van der Waals surface area (Å²) in [6, 6.07) is 14.7. The van der Waals surface area contributed by atoms with Crippen LogP contribution in [0.1, 0.15) is 48.6 Å². The molecule has 0 fully saturated rings. The van der Waals surface area contributed by atoms with Gasteiger partial charge in [-0.05, 0) is 67.5 Å². The summed E-state index contributed by atoms with van der Waals surface area (Å²) in [7, 11) is 0. The Kier molecular flexibility index (Phi) is 3.98. The summed E-state index contributed by atoms with van der Waals surface area (Å²) >= 11 is 0. The summed E-state index contributed by atoms with van der Waals surface area (Å²) in [5, 5.41) is 0. The molecule has 0 saturated heterocycles. The molecule has 1 aliphatic carbocycles. The predicted octanol–water partition coefficient (Wildman–Crippen LogP) is 4.01. The average molecular weight is 281 g/mol. The van der Waals surface area contributed by atoms with Crippen LogP contribution in [0.25, 0.3) is 0 Å². The number of aryl methyl sites for hydroxylation is 2. The van der Waals surface area contributed by atoms with Gasteiger partial charge in [0.1, 0.15) is 5.75 Å². The van der Waals surface area contributed by atoms with Crippen LogP contribution in [-0.2, 0) is 12.8 Å². The number of hydrogen-bond acceptors (Lipinski definition) is 2. The standard InChI is InChI=1S/C19H23NO/c1-13(2)21-18-8-4-7-16(12-18)19(20)17-10-9-14-5-3-6-15(14)11-17/h4,7-13,19H,3,5-6,20H2,1-2H3. The lowest BCUT2D eigenvalue weighted by Crippen LogP contribution is -2.13. The van der Waals surface area contributed by atoms with E-state index in [0.29, 0.717) is 0 Å². The van der Waals surface area contributed by atoms with Gasteiger partial charge >= 0.3 is 0 Å². The SMILES string of the molecule is CC(C)Oc1cccc(C(N)c2ccc3c(c2)CCC3)c1. The molecular weight excluding hydrogens is 258 g/mol. The van der Waals surface area contributed by atoms with Crippen LogP contribution in [0.15, 0.2) is 42.5 Å². The van der Waals surface area contributed by atoms with Gasteiger partial charge in [0.15, 0.2) is 0 Å². The molecule has 0 aromatic heterocycles. The van der Waals surface area contributed by atoms with Gasteiger partial charge in [0.2, 0.25) is 0 Å². The van der Waals surface area contributed by atoms with Crippen LogP contribution in [0.5, 0.6) is 5.75 Å². The third-order valence-electron chi connectivity index (χ3n) is 4.07. The molecule has 1 aliphatic rings. The molecule has 110 valence electrons. The minimum Gasteiger partial charge on any atom is -0.491 e. The van der Waals surface area contributed by atoms with Gasteiger partial charge in [0.25, 0.3) is 0 Å². The maximum atomic E-state index is 6.45. The van der Waals surface area contributed by atoms with Gasteiger partial charge in [-0.3, -0.25) is 0 Å². The van der Waals surface area contributed by atoms with E-state index in [1.54, 1.807) is 0 Å². The van der Waals surface area contributed by atoms with E-state index in [2.05, 4.69) is 30.3 Å². The highest BCUT2D eigenvalue weighted by atomic mass is 16.5. The van der Waals surface area contributed by atoms with E-state index in [-0.39, 0.29) is 12.1 Å². The number of ether oxygens (including phenoxy) is 1. The molecule has 1 unspecified atom stereocenters. The molecule has 2 aromatic carbocycles. The normalized spacial score (nSPS) is 15.0. The van der Waals surface area contributed by atoms with Crippen molar-refractivity contribution < 1.29 is 4.74 Å². The Morgan fingerprint density at radius 3 is 2.52 bits per heavy atom. The average Bonchev–Trinajstić information content (AvgIpc) is 2.93. The quantitative estimate of drug-likeness (QED) is 0.919. The number of nitrogens with two attached hydrogens (primary N) is 1. The second kappa shape index (κ2) is 5.90. The van der Waals surface area contributed by atoms with E-state index in [1.165, 1.54) is 36.0 Å². The fourth-order valence-corrected chi connectivity index (χ4v) is 3.03. The van der Waals surface area contributed by atoms with Crippen molar-refractivity contribution in [1.82, 2.24) is 0 Å². The summed E-state index contributed by atoms with van der Waals surface area (Å²) in [4.78, 5) is 0. The molecule has 0 amide bonds. The second-order valence-electron chi connectivity index (χ2n) is 6.10. The van der Waals surface area contributed by atoms with Crippen LogP contribution in [-0.4, -0.2) is 6.10 Å². The van der Waals surface area contributed by atoms with Crippen LogP contribution < -0.4 is 10.5 Å². The summed E-state index contributed by atoms with van der Waals surface area (Å²) in [6.45, 7) is 4.07. The van der Waals surface area contributed by atoms with Crippen LogP contribution in [0.3, 0.4) is 0 Å². The first kappa shape index (κ1) is 14.2. The van der Waals surface area contributed by atoms with Crippen molar-refractivity contribution in [1.29, 1.82) is 0 Å². The lowest BCUT2D eigenvalue weighted by Gasteiger charge is -2.16. The molecule has 3 rings (SSSR count). The molecule has 0 spiro atoms. The highest BCUT2D eigenvalue weighted by molar-refractivity contribution is 5.41. The van der Waals surface area contributed by atoms with Crippen molar-refractivity contribution in [3.8, 4) is 5.75 Å². The minimum atomic E-state index is -0.0911. The van der Waals surface area contributed by atoms with E-state index in [0.717, 1.165) is 11.3 Å². The van der Waals surface area contributed by atoms with Gasteiger partial charge in [0.05, 0.1) is 12.1 Å². The van der Waals surface area contributed by atoms with E-state index < -0.39 is 0 Å². The Bertz CT molecular complexity index is 633. The van der Waals surface area contributed by atoms with Crippen LogP contribution in [0, 0.1) is 0 Å². The zero-order valence-electron chi connectivity index (χ0n) is 12.8. The Morgan fingerprint density at radius 1 is 0.952 bits per heavy atom. The number of fused-ring (bicyclic) bond motifs is 1. The van der Waals surface area contributed by atoms with Crippen LogP contribution >= 0.6 is 0 Å². The van der Waals surface area contributed by atoms with Crippen molar-refractivity contribution in [2.75, 3.05) is 0 Å². The maximum absolute atomic E-state index is 6.45. The second-order valence-corrected chi connectivity index (χ2v) is 6.10. The van der Waals surface area contributed by atoms with E-state index in [1.807, 2.05) is 26.0 Å². The molecular formula is C19H23NO. The highest BCUT2D eigenvalue weighted by Gasteiger charge is 2.15. The number of rotatable bonds is 4. The first-order valence-corrected chi connectivity index (χ1v) is 7.77.